The number of benzene rings is 2. The lowest BCUT2D eigenvalue weighted by Crippen LogP contribution is -2.14. The zero-order chi connectivity index (χ0) is 18.4. The first-order valence-electron chi connectivity index (χ1n) is 8.05. The molecule has 0 spiro atoms. The maximum Gasteiger partial charge on any atom is 0.274 e. The molecule has 0 aliphatic rings. The minimum absolute atomic E-state index is 0.311. The molecule has 0 bridgehead atoms. The van der Waals surface area contributed by atoms with Crippen molar-refractivity contribution in [3.63, 3.8) is 0 Å². The lowest BCUT2D eigenvalue weighted by atomic mass is 10.2. The van der Waals surface area contributed by atoms with Gasteiger partial charge in [0.2, 0.25) is 0 Å². The highest BCUT2D eigenvalue weighted by Crippen LogP contribution is 2.21. The molecule has 0 atom stereocenters. The molecule has 0 aliphatic heterocycles. The molecule has 0 saturated carbocycles. The molecule has 2 aromatic carbocycles. The summed E-state index contributed by atoms with van der Waals surface area (Å²) >= 11 is 6.05. The Morgan fingerprint density at radius 3 is 2.58 bits per heavy atom. The smallest absolute Gasteiger partial charge is 0.274 e. The second-order valence-corrected chi connectivity index (χ2v) is 5.94. The Hall–Kier alpha value is -3.05. The molecule has 6 heteroatoms. The van der Waals surface area contributed by atoms with Crippen LogP contribution in [0.15, 0.2) is 66.9 Å². The van der Waals surface area contributed by atoms with Gasteiger partial charge >= 0.3 is 0 Å². The molecule has 1 amide bonds. The van der Waals surface area contributed by atoms with Crippen molar-refractivity contribution in [2.75, 3.05) is 17.7 Å². The van der Waals surface area contributed by atoms with Crippen LogP contribution in [0.2, 0.25) is 5.02 Å². The molecule has 3 rings (SSSR count). The van der Waals surface area contributed by atoms with E-state index in [2.05, 4.69) is 15.6 Å². The van der Waals surface area contributed by atoms with Gasteiger partial charge < -0.3 is 15.4 Å². The van der Waals surface area contributed by atoms with Gasteiger partial charge in [-0.2, -0.15) is 0 Å². The van der Waals surface area contributed by atoms with Gasteiger partial charge in [0.05, 0.1) is 29.7 Å². The Morgan fingerprint density at radius 1 is 1.08 bits per heavy atom. The lowest BCUT2D eigenvalue weighted by molar-refractivity contribution is 0.102. The van der Waals surface area contributed by atoms with Crippen LogP contribution in [0.5, 0.6) is 5.75 Å². The molecule has 3 aromatic rings. The summed E-state index contributed by atoms with van der Waals surface area (Å²) < 4.78 is 5.33. The summed E-state index contributed by atoms with van der Waals surface area (Å²) in [5.41, 5.74) is 2.72. The van der Waals surface area contributed by atoms with Crippen molar-refractivity contribution in [1.82, 2.24) is 4.98 Å². The van der Waals surface area contributed by atoms with Gasteiger partial charge in [-0.05, 0) is 30.3 Å². The van der Waals surface area contributed by atoms with Gasteiger partial charge in [0.25, 0.3) is 5.91 Å². The number of amides is 1. The number of carbonyl (C=O) groups is 1. The minimum Gasteiger partial charge on any atom is -0.496 e. The van der Waals surface area contributed by atoms with Crippen molar-refractivity contribution < 1.29 is 9.53 Å². The van der Waals surface area contributed by atoms with Gasteiger partial charge in [-0.1, -0.05) is 41.9 Å². The number of hydrogen-bond acceptors (Lipinski definition) is 4. The van der Waals surface area contributed by atoms with Gasteiger partial charge in [-0.25, -0.2) is 4.98 Å². The molecule has 26 heavy (non-hydrogen) atoms. The maximum absolute atomic E-state index is 12.3. The van der Waals surface area contributed by atoms with E-state index in [4.69, 9.17) is 16.3 Å². The SMILES string of the molecule is COc1ccccc1CNc1ccc(C(=O)Nc2ccccc2Cl)nc1. The summed E-state index contributed by atoms with van der Waals surface area (Å²) in [5, 5.41) is 6.50. The fraction of sp³-hybridized carbons (Fsp3) is 0.100. The molecular weight excluding hydrogens is 350 g/mol. The molecule has 0 fully saturated rings. The molecule has 0 unspecified atom stereocenters. The number of aromatic nitrogens is 1. The highest BCUT2D eigenvalue weighted by molar-refractivity contribution is 6.33. The number of nitrogens with zero attached hydrogens (tertiary/aromatic N) is 1. The Kier molecular flexibility index (Phi) is 5.71. The molecule has 0 saturated heterocycles. The van der Waals surface area contributed by atoms with E-state index >= 15 is 0 Å². The predicted octanol–water partition coefficient (Wildman–Crippen LogP) is 4.61. The average Bonchev–Trinajstić information content (AvgIpc) is 2.68. The molecule has 132 valence electrons. The topological polar surface area (TPSA) is 63.2 Å². The molecule has 0 aliphatic carbocycles. The summed E-state index contributed by atoms with van der Waals surface area (Å²) in [4.78, 5) is 16.5. The van der Waals surface area contributed by atoms with E-state index in [1.54, 1.807) is 43.6 Å². The standard InChI is InChI=1S/C20H18ClN3O2/c1-26-19-9-5-2-6-14(19)12-22-15-10-11-18(23-13-15)20(25)24-17-8-4-3-7-16(17)21/h2-11,13,22H,12H2,1H3,(H,24,25). The van der Waals surface area contributed by atoms with E-state index in [0.29, 0.717) is 22.9 Å². The van der Waals surface area contributed by atoms with Gasteiger partial charge in [0.15, 0.2) is 0 Å². The van der Waals surface area contributed by atoms with Gasteiger partial charge in [-0.3, -0.25) is 4.79 Å². The monoisotopic (exact) mass is 367 g/mol. The van der Waals surface area contributed by atoms with Crippen LogP contribution in [0.1, 0.15) is 16.1 Å². The van der Waals surface area contributed by atoms with E-state index in [1.165, 1.54) is 0 Å². The summed E-state index contributed by atoms with van der Waals surface area (Å²) in [6, 6.07) is 18.3. The fourth-order valence-corrected chi connectivity index (χ4v) is 2.61. The van der Waals surface area contributed by atoms with Gasteiger partial charge in [0.1, 0.15) is 11.4 Å². The first kappa shape index (κ1) is 17.8. The second-order valence-electron chi connectivity index (χ2n) is 5.53. The van der Waals surface area contributed by atoms with Crippen molar-refractivity contribution in [1.29, 1.82) is 0 Å². The van der Waals surface area contributed by atoms with Gasteiger partial charge in [0, 0.05) is 12.1 Å². The highest BCUT2D eigenvalue weighted by Gasteiger charge is 2.09. The number of hydrogen-bond donors (Lipinski definition) is 2. The zero-order valence-electron chi connectivity index (χ0n) is 14.2. The highest BCUT2D eigenvalue weighted by atomic mass is 35.5. The number of carbonyl (C=O) groups excluding carboxylic acids is 1. The molecule has 0 radical (unpaired) electrons. The van der Waals surface area contributed by atoms with Crippen molar-refractivity contribution >= 4 is 28.9 Å². The van der Waals surface area contributed by atoms with Gasteiger partial charge in [-0.15, -0.1) is 0 Å². The van der Waals surface area contributed by atoms with E-state index in [-0.39, 0.29) is 5.91 Å². The normalized spacial score (nSPS) is 10.2. The summed E-state index contributed by atoms with van der Waals surface area (Å²) in [6.45, 7) is 0.594. The van der Waals surface area contributed by atoms with Crippen molar-refractivity contribution in [3.8, 4) is 5.75 Å². The van der Waals surface area contributed by atoms with Crippen LogP contribution in [0.25, 0.3) is 0 Å². The van der Waals surface area contributed by atoms with E-state index in [1.807, 2.05) is 30.3 Å². The summed E-state index contributed by atoms with van der Waals surface area (Å²) in [7, 11) is 1.65. The number of rotatable bonds is 6. The van der Waals surface area contributed by atoms with Crippen LogP contribution in [0.3, 0.4) is 0 Å². The van der Waals surface area contributed by atoms with Crippen molar-refractivity contribution in [2.24, 2.45) is 0 Å². The van der Waals surface area contributed by atoms with Crippen LogP contribution in [-0.4, -0.2) is 18.0 Å². The number of nitrogens with one attached hydrogen (secondary N) is 2. The second kappa shape index (κ2) is 8.36. The molecule has 1 heterocycles. The minimum atomic E-state index is -0.311. The molecule has 2 N–H and O–H groups in total. The largest absolute Gasteiger partial charge is 0.496 e. The number of halogens is 1. The number of para-hydroxylation sites is 2. The third-order valence-corrected chi connectivity index (χ3v) is 4.12. The van der Waals surface area contributed by atoms with Crippen LogP contribution in [-0.2, 0) is 6.54 Å². The first-order valence-corrected chi connectivity index (χ1v) is 8.43. The fourth-order valence-electron chi connectivity index (χ4n) is 2.43. The lowest BCUT2D eigenvalue weighted by Gasteiger charge is -2.11. The Morgan fingerprint density at radius 2 is 1.85 bits per heavy atom. The van der Waals surface area contributed by atoms with Crippen LogP contribution >= 0.6 is 11.6 Å². The first-order chi connectivity index (χ1) is 12.7. The molecule has 5 nitrogen and oxygen atoms in total. The zero-order valence-corrected chi connectivity index (χ0v) is 15.0. The molecular formula is C20H18ClN3O2. The van der Waals surface area contributed by atoms with Crippen molar-refractivity contribution in [2.45, 2.75) is 6.54 Å². The van der Waals surface area contributed by atoms with E-state index < -0.39 is 0 Å². The Balaban J connectivity index is 1.63. The number of anilines is 2. The third kappa shape index (κ3) is 4.32. The van der Waals surface area contributed by atoms with E-state index in [0.717, 1.165) is 17.0 Å². The van der Waals surface area contributed by atoms with E-state index in [9.17, 15) is 4.79 Å². The van der Waals surface area contributed by atoms with Crippen molar-refractivity contribution in [3.05, 3.63) is 83.1 Å². The van der Waals surface area contributed by atoms with Crippen LogP contribution in [0, 0.1) is 0 Å². The van der Waals surface area contributed by atoms with Crippen LogP contribution in [0.4, 0.5) is 11.4 Å². The summed E-state index contributed by atoms with van der Waals surface area (Å²) in [6.07, 6.45) is 1.62. The Labute approximate surface area is 157 Å². The number of methoxy groups -OCH3 is 1. The predicted molar refractivity (Wildman–Crippen MR) is 104 cm³/mol. The quantitative estimate of drug-likeness (QED) is 0.668. The number of pyridine rings is 1. The third-order valence-electron chi connectivity index (χ3n) is 3.79. The Bertz CT molecular complexity index is 898. The average molecular weight is 368 g/mol. The summed E-state index contributed by atoms with van der Waals surface area (Å²) in [5.74, 6) is 0.512. The maximum atomic E-state index is 12.3. The number of ether oxygens (including phenoxy) is 1. The molecule has 1 aromatic heterocycles. The van der Waals surface area contributed by atoms with Crippen LogP contribution < -0.4 is 15.4 Å².